The van der Waals surface area contributed by atoms with E-state index >= 15 is 0 Å². The van der Waals surface area contributed by atoms with E-state index in [9.17, 15) is 17.9 Å². The monoisotopic (exact) mass is 359 g/mol. The maximum absolute atomic E-state index is 13.7. The van der Waals surface area contributed by atoms with Crippen LogP contribution in [0.5, 0.6) is 5.75 Å². The fourth-order valence-electron chi connectivity index (χ4n) is 1.97. The minimum absolute atomic E-state index is 0.0133. The van der Waals surface area contributed by atoms with Crippen molar-refractivity contribution in [2.75, 3.05) is 13.2 Å². The van der Waals surface area contributed by atoms with Crippen LogP contribution in [0.4, 0.5) is 4.39 Å². The number of nitrogens with one attached hydrogen (secondary N) is 1. The van der Waals surface area contributed by atoms with Crippen LogP contribution in [0.3, 0.4) is 0 Å². The Morgan fingerprint density at radius 3 is 2.78 bits per heavy atom. The van der Waals surface area contributed by atoms with E-state index in [0.29, 0.717) is 6.61 Å². The predicted molar refractivity (Wildman–Crippen MR) is 86.7 cm³/mol. The van der Waals surface area contributed by atoms with Crippen molar-refractivity contribution in [1.82, 2.24) is 4.72 Å². The number of aliphatic hydroxyl groups is 1. The molecule has 0 spiro atoms. The van der Waals surface area contributed by atoms with Gasteiger partial charge in [0, 0.05) is 6.54 Å². The maximum Gasteiger partial charge on any atom is 0.240 e. The van der Waals surface area contributed by atoms with E-state index in [-0.39, 0.29) is 23.6 Å². The second-order valence-electron chi connectivity index (χ2n) is 4.78. The van der Waals surface area contributed by atoms with E-state index in [2.05, 4.69) is 4.72 Å². The van der Waals surface area contributed by atoms with Gasteiger partial charge in [0.25, 0.3) is 0 Å². The van der Waals surface area contributed by atoms with E-state index in [0.717, 1.165) is 11.6 Å². The van der Waals surface area contributed by atoms with Crippen LogP contribution in [0.1, 0.15) is 25.0 Å². The Hall–Kier alpha value is -1.48. The molecular formula is C15H18FNO4S2. The molecule has 1 heterocycles. The number of sulfonamides is 1. The molecule has 0 saturated carbocycles. The van der Waals surface area contributed by atoms with Gasteiger partial charge >= 0.3 is 0 Å². The zero-order chi connectivity index (χ0) is 16.9. The fourth-order valence-corrected chi connectivity index (χ4v) is 3.73. The van der Waals surface area contributed by atoms with Crippen LogP contribution in [-0.2, 0) is 10.0 Å². The lowest BCUT2D eigenvalue weighted by atomic mass is 10.1. The number of thiophene rings is 1. The predicted octanol–water partition coefficient (Wildman–Crippen LogP) is 2.69. The third-order valence-electron chi connectivity index (χ3n) is 3.15. The topological polar surface area (TPSA) is 75.6 Å². The van der Waals surface area contributed by atoms with Crippen molar-refractivity contribution in [1.29, 1.82) is 0 Å². The Labute approximate surface area is 138 Å². The molecule has 0 amide bonds. The van der Waals surface area contributed by atoms with Crippen LogP contribution in [0, 0.1) is 5.82 Å². The fraction of sp³-hybridized carbons (Fsp3) is 0.333. The van der Waals surface area contributed by atoms with Gasteiger partial charge in [-0.3, -0.25) is 0 Å². The lowest BCUT2D eigenvalue weighted by Gasteiger charge is -2.11. The number of halogens is 1. The molecule has 1 aromatic carbocycles. The summed E-state index contributed by atoms with van der Waals surface area (Å²) in [4.78, 5) is -0.177. The second kappa shape index (κ2) is 7.87. The van der Waals surface area contributed by atoms with Crippen LogP contribution >= 0.6 is 11.3 Å². The van der Waals surface area contributed by atoms with Gasteiger partial charge in [-0.05, 0) is 53.9 Å². The van der Waals surface area contributed by atoms with Gasteiger partial charge in [0.2, 0.25) is 10.0 Å². The Bertz CT molecular complexity index is 732. The Morgan fingerprint density at radius 2 is 2.17 bits per heavy atom. The molecule has 2 rings (SSSR count). The number of rotatable bonds is 8. The van der Waals surface area contributed by atoms with Crippen molar-refractivity contribution < 1.29 is 22.7 Å². The number of aliphatic hydroxyl groups excluding tert-OH is 1. The van der Waals surface area contributed by atoms with Gasteiger partial charge in [-0.15, -0.1) is 0 Å². The molecule has 2 N–H and O–H groups in total. The van der Waals surface area contributed by atoms with Crippen molar-refractivity contribution in [3.63, 3.8) is 0 Å². The Balaban J connectivity index is 1.97. The van der Waals surface area contributed by atoms with Gasteiger partial charge in [-0.2, -0.15) is 11.3 Å². The lowest BCUT2D eigenvalue weighted by Crippen LogP contribution is -2.26. The molecule has 0 saturated heterocycles. The maximum atomic E-state index is 13.7. The van der Waals surface area contributed by atoms with Gasteiger partial charge in [0.05, 0.1) is 17.6 Å². The summed E-state index contributed by atoms with van der Waals surface area (Å²) in [5.74, 6) is -0.715. The second-order valence-corrected chi connectivity index (χ2v) is 7.33. The standard InChI is InChI=1S/C15H18FNO4S2/c1-2-21-15-4-3-12(9-13(15)16)23(19,20)17-7-5-14(18)11-6-8-22-10-11/h3-4,6,8-10,14,17-18H,2,5,7H2,1H3/t14-/m1/s1. The first-order valence-corrected chi connectivity index (χ1v) is 9.49. The lowest BCUT2D eigenvalue weighted by molar-refractivity contribution is 0.169. The van der Waals surface area contributed by atoms with Crippen molar-refractivity contribution in [2.45, 2.75) is 24.3 Å². The number of benzene rings is 1. The molecule has 0 radical (unpaired) electrons. The molecule has 1 aromatic heterocycles. The minimum Gasteiger partial charge on any atom is -0.491 e. The molecule has 0 bridgehead atoms. The molecule has 0 fully saturated rings. The van der Waals surface area contributed by atoms with Crippen LogP contribution in [0.25, 0.3) is 0 Å². The van der Waals surface area contributed by atoms with E-state index in [1.165, 1.54) is 23.5 Å². The van der Waals surface area contributed by atoms with E-state index in [4.69, 9.17) is 4.74 Å². The van der Waals surface area contributed by atoms with Crippen LogP contribution in [-0.4, -0.2) is 26.7 Å². The van der Waals surface area contributed by atoms with E-state index in [1.807, 2.05) is 5.38 Å². The molecule has 0 aliphatic rings. The molecule has 23 heavy (non-hydrogen) atoms. The third-order valence-corrected chi connectivity index (χ3v) is 5.31. The summed E-state index contributed by atoms with van der Waals surface area (Å²) in [6, 6.07) is 5.27. The molecule has 0 aliphatic heterocycles. The van der Waals surface area contributed by atoms with Crippen LogP contribution in [0.15, 0.2) is 39.9 Å². The first-order valence-electron chi connectivity index (χ1n) is 7.06. The van der Waals surface area contributed by atoms with Gasteiger partial charge in [-0.1, -0.05) is 0 Å². The van der Waals surface area contributed by atoms with E-state index < -0.39 is 21.9 Å². The van der Waals surface area contributed by atoms with Gasteiger partial charge < -0.3 is 9.84 Å². The highest BCUT2D eigenvalue weighted by Gasteiger charge is 2.17. The summed E-state index contributed by atoms with van der Waals surface area (Å²) >= 11 is 1.46. The summed E-state index contributed by atoms with van der Waals surface area (Å²) in [6.07, 6.45) is -0.504. The highest BCUT2D eigenvalue weighted by Crippen LogP contribution is 2.22. The van der Waals surface area contributed by atoms with Gasteiger partial charge in [0.15, 0.2) is 11.6 Å². The molecule has 8 heteroatoms. The first-order chi connectivity index (χ1) is 10.9. The molecule has 0 aliphatic carbocycles. The highest BCUT2D eigenvalue weighted by molar-refractivity contribution is 7.89. The molecular weight excluding hydrogens is 341 g/mol. The SMILES string of the molecule is CCOc1ccc(S(=O)(=O)NCC[C@@H](O)c2ccsc2)cc1F. The Kier molecular flexibility index (Phi) is 6.11. The van der Waals surface area contributed by atoms with Crippen molar-refractivity contribution >= 4 is 21.4 Å². The highest BCUT2D eigenvalue weighted by atomic mass is 32.2. The number of hydrogen-bond acceptors (Lipinski definition) is 5. The molecule has 0 unspecified atom stereocenters. The van der Waals surface area contributed by atoms with Crippen molar-refractivity contribution in [3.05, 3.63) is 46.4 Å². The van der Waals surface area contributed by atoms with Gasteiger partial charge in [0.1, 0.15) is 0 Å². The average Bonchev–Trinajstić information content (AvgIpc) is 3.03. The smallest absolute Gasteiger partial charge is 0.240 e. The number of ether oxygens (including phenoxy) is 1. The quantitative estimate of drug-likeness (QED) is 0.760. The first kappa shape index (κ1) is 17.9. The van der Waals surface area contributed by atoms with Crippen molar-refractivity contribution in [2.24, 2.45) is 0 Å². The summed E-state index contributed by atoms with van der Waals surface area (Å²) in [7, 11) is -3.83. The van der Waals surface area contributed by atoms with Gasteiger partial charge in [-0.25, -0.2) is 17.5 Å². The summed E-state index contributed by atoms with van der Waals surface area (Å²) < 4.78 is 45.4. The number of hydrogen-bond donors (Lipinski definition) is 2. The summed E-state index contributed by atoms with van der Waals surface area (Å²) in [6.45, 7) is 2.06. The molecule has 1 atom stereocenters. The van der Waals surface area contributed by atoms with Crippen LogP contribution in [0.2, 0.25) is 0 Å². The normalized spacial score (nSPS) is 13.0. The third kappa shape index (κ3) is 4.74. The van der Waals surface area contributed by atoms with Crippen LogP contribution < -0.4 is 9.46 Å². The zero-order valence-electron chi connectivity index (χ0n) is 12.5. The van der Waals surface area contributed by atoms with Crippen molar-refractivity contribution in [3.8, 4) is 5.75 Å². The molecule has 5 nitrogen and oxygen atoms in total. The Morgan fingerprint density at radius 1 is 1.39 bits per heavy atom. The van der Waals surface area contributed by atoms with E-state index in [1.54, 1.807) is 18.4 Å². The summed E-state index contributed by atoms with van der Waals surface area (Å²) in [5.41, 5.74) is 0.751. The molecule has 126 valence electrons. The zero-order valence-corrected chi connectivity index (χ0v) is 14.2. The average molecular weight is 359 g/mol. The minimum atomic E-state index is -3.83. The summed E-state index contributed by atoms with van der Waals surface area (Å²) in [5, 5.41) is 13.6. The largest absolute Gasteiger partial charge is 0.491 e. The molecule has 2 aromatic rings.